The smallest absolute Gasteiger partial charge is 0.416 e. The van der Waals surface area contributed by atoms with Crippen molar-refractivity contribution in [3.63, 3.8) is 0 Å². The number of carbonyl (C=O) groups excluding carboxylic acids is 2. The minimum absolute atomic E-state index is 0.151. The number of hydrogen-bond acceptors (Lipinski definition) is 7. The van der Waals surface area contributed by atoms with E-state index < -0.39 is 29.9 Å². The van der Waals surface area contributed by atoms with E-state index in [1.165, 1.54) is 0 Å². The molecule has 0 saturated heterocycles. The van der Waals surface area contributed by atoms with Crippen molar-refractivity contribution in [2.45, 2.75) is 31.8 Å². The zero-order valence-electron chi connectivity index (χ0n) is 23.9. The normalized spacial score (nSPS) is 15.0. The Hall–Kier alpha value is -5.17. The van der Waals surface area contributed by atoms with E-state index in [4.69, 9.17) is 15.5 Å². The van der Waals surface area contributed by atoms with Gasteiger partial charge in [0.15, 0.2) is 0 Å². The molecule has 0 bridgehead atoms. The summed E-state index contributed by atoms with van der Waals surface area (Å²) in [5, 5.41) is 5.19. The van der Waals surface area contributed by atoms with Crippen LogP contribution in [0.3, 0.4) is 0 Å². The van der Waals surface area contributed by atoms with Crippen molar-refractivity contribution in [3.05, 3.63) is 107 Å². The van der Waals surface area contributed by atoms with Gasteiger partial charge in [0.05, 0.1) is 17.0 Å². The van der Waals surface area contributed by atoms with E-state index in [9.17, 15) is 22.8 Å². The van der Waals surface area contributed by atoms with Crippen molar-refractivity contribution < 1.29 is 27.5 Å². The van der Waals surface area contributed by atoms with Gasteiger partial charge in [-0.05, 0) is 29.8 Å². The number of carbonyl (C=O) groups is 2. The van der Waals surface area contributed by atoms with E-state index in [1.54, 1.807) is 24.3 Å². The SMILES string of the molecule is CC(CNC(=O)OCc1ccccc1)c1nc(-c2ccc(C(=O)Nc3cc(C(F)(F)F)ccn3)cc2)c2n1C=CN(C)C2N. The molecule has 5 rings (SSSR count). The number of hydrogen-bond donors (Lipinski definition) is 3. The Morgan fingerprint density at radius 3 is 2.50 bits per heavy atom. The minimum Gasteiger partial charge on any atom is -0.445 e. The van der Waals surface area contributed by atoms with E-state index in [-0.39, 0.29) is 30.5 Å². The van der Waals surface area contributed by atoms with Crippen molar-refractivity contribution in [1.29, 1.82) is 0 Å². The van der Waals surface area contributed by atoms with Crippen molar-refractivity contribution >= 4 is 24.0 Å². The van der Waals surface area contributed by atoms with E-state index >= 15 is 0 Å². The molecular formula is C31H30F3N7O3. The average molecular weight is 606 g/mol. The Bertz CT molecular complexity index is 1670. The molecule has 0 fully saturated rings. The van der Waals surface area contributed by atoms with Gasteiger partial charge in [-0.3, -0.25) is 4.79 Å². The average Bonchev–Trinajstić information content (AvgIpc) is 3.41. The van der Waals surface area contributed by atoms with Crippen LogP contribution in [0.1, 0.15) is 52.0 Å². The molecule has 228 valence electrons. The molecule has 2 aromatic heterocycles. The molecule has 1 aliphatic heterocycles. The second-order valence-electron chi connectivity index (χ2n) is 10.3. The third-order valence-corrected chi connectivity index (χ3v) is 7.10. The van der Waals surface area contributed by atoms with E-state index in [0.717, 1.165) is 23.9 Å². The number of amides is 2. The van der Waals surface area contributed by atoms with Crippen LogP contribution in [0.2, 0.25) is 0 Å². The highest BCUT2D eigenvalue weighted by atomic mass is 19.4. The molecule has 4 N–H and O–H groups in total. The number of alkyl halides is 3. The number of nitrogens with two attached hydrogens (primary N) is 1. The molecular weight excluding hydrogens is 575 g/mol. The zero-order valence-corrected chi connectivity index (χ0v) is 23.9. The Kier molecular flexibility index (Phi) is 8.67. The second kappa shape index (κ2) is 12.6. The van der Waals surface area contributed by atoms with Gasteiger partial charge in [0, 0.05) is 49.2 Å². The number of halogens is 3. The van der Waals surface area contributed by atoms with Crippen LogP contribution in [0.5, 0.6) is 0 Å². The van der Waals surface area contributed by atoms with Gasteiger partial charge in [0.2, 0.25) is 0 Å². The first-order valence-electron chi connectivity index (χ1n) is 13.7. The topological polar surface area (TPSA) is 127 Å². The molecule has 0 spiro atoms. The van der Waals surface area contributed by atoms with Gasteiger partial charge in [-0.1, -0.05) is 49.4 Å². The standard InChI is InChI=1S/C31H30F3N7O3/c1-19(17-37-30(43)44-18-20-6-4-3-5-7-20)28-39-25(26-27(35)40(2)14-15-41(26)28)21-8-10-22(11-9-21)29(42)38-24-16-23(12-13-36-24)31(32,33)34/h3-16,19,27H,17-18,35H2,1-2H3,(H,37,43)(H,36,38,42). The fourth-order valence-electron chi connectivity index (χ4n) is 4.66. The van der Waals surface area contributed by atoms with Crippen molar-refractivity contribution in [2.75, 3.05) is 18.9 Å². The highest BCUT2D eigenvalue weighted by Crippen LogP contribution is 2.35. The molecule has 13 heteroatoms. The molecule has 3 heterocycles. The van der Waals surface area contributed by atoms with E-state index in [0.29, 0.717) is 22.8 Å². The molecule has 2 atom stereocenters. The lowest BCUT2D eigenvalue weighted by Crippen LogP contribution is -2.33. The Morgan fingerprint density at radius 2 is 1.80 bits per heavy atom. The summed E-state index contributed by atoms with van der Waals surface area (Å²) in [5.74, 6) is -0.393. The fourth-order valence-corrected chi connectivity index (χ4v) is 4.66. The Balaban J connectivity index is 1.32. The summed E-state index contributed by atoms with van der Waals surface area (Å²) >= 11 is 0. The second-order valence-corrected chi connectivity index (χ2v) is 10.3. The lowest BCUT2D eigenvalue weighted by atomic mass is 10.1. The maximum Gasteiger partial charge on any atom is 0.416 e. The first-order valence-corrected chi connectivity index (χ1v) is 13.7. The number of benzene rings is 2. The number of anilines is 1. The number of imidazole rings is 1. The Labute approximate surface area is 251 Å². The molecule has 10 nitrogen and oxygen atoms in total. The maximum atomic E-state index is 13.0. The minimum atomic E-state index is -4.56. The first-order chi connectivity index (χ1) is 21.0. The van der Waals surface area contributed by atoms with Gasteiger partial charge in [0.25, 0.3) is 5.91 Å². The van der Waals surface area contributed by atoms with Crippen molar-refractivity contribution in [3.8, 4) is 11.3 Å². The number of rotatable bonds is 8. The molecule has 0 radical (unpaired) electrons. The third kappa shape index (κ3) is 6.73. The molecule has 2 aromatic carbocycles. The van der Waals surface area contributed by atoms with Crippen LogP contribution in [-0.4, -0.2) is 45.0 Å². The fraction of sp³-hybridized carbons (Fsp3) is 0.226. The largest absolute Gasteiger partial charge is 0.445 e. The lowest BCUT2D eigenvalue weighted by molar-refractivity contribution is -0.137. The monoisotopic (exact) mass is 605 g/mol. The van der Waals surface area contributed by atoms with E-state index in [1.807, 2.05) is 66.2 Å². The molecule has 44 heavy (non-hydrogen) atoms. The number of fused-ring (bicyclic) bond motifs is 1. The lowest BCUT2D eigenvalue weighted by Gasteiger charge is -2.29. The van der Waals surface area contributed by atoms with Crippen LogP contribution in [0.4, 0.5) is 23.8 Å². The summed E-state index contributed by atoms with van der Waals surface area (Å²) in [4.78, 5) is 35.6. The number of aromatic nitrogens is 3. The molecule has 1 aliphatic rings. The predicted molar refractivity (Wildman–Crippen MR) is 158 cm³/mol. The summed E-state index contributed by atoms with van der Waals surface area (Å²) in [7, 11) is 1.84. The highest BCUT2D eigenvalue weighted by Gasteiger charge is 2.31. The maximum absolute atomic E-state index is 13.0. The van der Waals surface area contributed by atoms with Crippen LogP contribution in [0, 0.1) is 0 Å². The molecule has 0 aliphatic carbocycles. The number of alkyl carbamates (subject to hydrolysis) is 1. The highest BCUT2D eigenvalue weighted by molar-refractivity contribution is 6.04. The van der Waals surface area contributed by atoms with Gasteiger partial charge < -0.3 is 30.6 Å². The van der Waals surface area contributed by atoms with Crippen molar-refractivity contribution in [1.82, 2.24) is 24.8 Å². The predicted octanol–water partition coefficient (Wildman–Crippen LogP) is 5.58. The Morgan fingerprint density at radius 1 is 1.07 bits per heavy atom. The van der Waals surface area contributed by atoms with Gasteiger partial charge in [0.1, 0.15) is 24.4 Å². The number of ether oxygens (including phenoxy) is 1. The first kappa shape index (κ1) is 30.3. The number of nitrogens with one attached hydrogen (secondary N) is 2. The van der Waals surface area contributed by atoms with Crippen LogP contribution < -0.4 is 16.4 Å². The summed E-state index contributed by atoms with van der Waals surface area (Å²) in [6, 6.07) is 17.4. The molecule has 4 aromatic rings. The van der Waals surface area contributed by atoms with Gasteiger partial charge in [-0.15, -0.1) is 0 Å². The van der Waals surface area contributed by atoms with Crippen LogP contribution in [0.15, 0.2) is 79.1 Å². The van der Waals surface area contributed by atoms with Gasteiger partial charge in [-0.25, -0.2) is 14.8 Å². The van der Waals surface area contributed by atoms with Crippen LogP contribution >= 0.6 is 0 Å². The van der Waals surface area contributed by atoms with E-state index in [2.05, 4.69) is 15.6 Å². The summed E-state index contributed by atoms with van der Waals surface area (Å²) < 4.78 is 46.3. The summed E-state index contributed by atoms with van der Waals surface area (Å²) in [5.41, 5.74) is 8.70. The third-order valence-electron chi connectivity index (χ3n) is 7.10. The summed E-state index contributed by atoms with van der Waals surface area (Å²) in [6.07, 6.45) is -0.973. The number of nitrogens with zero attached hydrogens (tertiary/aromatic N) is 4. The molecule has 0 saturated carbocycles. The molecule has 2 unspecified atom stereocenters. The molecule has 2 amide bonds. The van der Waals surface area contributed by atoms with Crippen LogP contribution in [0.25, 0.3) is 17.5 Å². The zero-order chi connectivity index (χ0) is 31.4. The quantitative estimate of drug-likeness (QED) is 0.239. The van der Waals surface area contributed by atoms with Gasteiger partial charge in [-0.2, -0.15) is 13.2 Å². The summed E-state index contributed by atoms with van der Waals surface area (Å²) in [6.45, 7) is 2.33. The van der Waals surface area contributed by atoms with Gasteiger partial charge >= 0.3 is 12.3 Å². The van der Waals surface area contributed by atoms with Crippen LogP contribution in [-0.2, 0) is 17.5 Å². The van der Waals surface area contributed by atoms with Crippen molar-refractivity contribution in [2.24, 2.45) is 5.73 Å². The number of pyridine rings is 1.